The average Bonchev–Trinajstić information content (AvgIpc) is 3.21. The molecule has 8 heteroatoms. The maximum absolute atomic E-state index is 14.8. The van der Waals surface area contributed by atoms with E-state index >= 15 is 0 Å². The number of hydrogen-bond acceptors (Lipinski definition) is 5. The zero-order valence-corrected chi connectivity index (χ0v) is 20.0. The Bertz CT molecular complexity index is 870. The van der Waals surface area contributed by atoms with Crippen molar-refractivity contribution in [1.82, 2.24) is 15.1 Å². The Kier molecular flexibility index (Phi) is 6.84. The molecular formula is C26H38F2N4O2. The molecule has 0 spiro atoms. The number of carbonyl (C=O) groups is 1. The van der Waals surface area contributed by atoms with Crippen LogP contribution in [0, 0.1) is 17.7 Å². The zero-order valence-electron chi connectivity index (χ0n) is 20.0. The van der Waals surface area contributed by atoms with E-state index in [1.807, 2.05) is 0 Å². The van der Waals surface area contributed by atoms with Gasteiger partial charge in [-0.25, -0.2) is 13.6 Å². The van der Waals surface area contributed by atoms with E-state index in [1.54, 1.807) is 12.1 Å². The molecule has 34 heavy (non-hydrogen) atoms. The summed E-state index contributed by atoms with van der Waals surface area (Å²) in [4.78, 5) is 16.5. The van der Waals surface area contributed by atoms with Gasteiger partial charge in [0.1, 0.15) is 17.6 Å². The minimum atomic E-state index is -1.12. The lowest BCUT2D eigenvalue weighted by Gasteiger charge is -2.53. The number of piperidine rings is 1. The number of nitrogens with one attached hydrogen (secondary N) is 1. The first-order chi connectivity index (χ1) is 16.4. The Labute approximate surface area is 201 Å². The van der Waals surface area contributed by atoms with Crippen molar-refractivity contribution >= 4 is 6.09 Å². The first-order valence-electron chi connectivity index (χ1n) is 12.9. The number of amides is 1. The van der Waals surface area contributed by atoms with Crippen LogP contribution in [0.25, 0.3) is 0 Å². The Morgan fingerprint density at radius 1 is 1.12 bits per heavy atom. The first-order valence-corrected chi connectivity index (χ1v) is 12.9. The number of likely N-dealkylation sites (tertiary alicyclic amines) is 2. The highest BCUT2D eigenvalue weighted by atomic mass is 19.1. The molecule has 4 fully saturated rings. The fraction of sp³-hybridized carbons (Fsp3) is 0.731. The zero-order chi connectivity index (χ0) is 23.8. The summed E-state index contributed by atoms with van der Waals surface area (Å²) >= 11 is 0. The van der Waals surface area contributed by atoms with E-state index in [0.29, 0.717) is 25.6 Å². The lowest BCUT2D eigenvalue weighted by atomic mass is 9.58. The van der Waals surface area contributed by atoms with Crippen molar-refractivity contribution in [1.29, 1.82) is 0 Å². The molecule has 1 unspecified atom stereocenters. The highest BCUT2D eigenvalue weighted by Crippen LogP contribution is 2.52. The van der Waals surface area contributed by atoms with Crippen LogP contribution in [0.3, 0.4) is 0 Å². The SMILES string of the molecule is NC(=O)O[C@H]1CCC[C@@H]1C(CN1CCC1)(c1cccc(F)c1)C1CCN(CC2(F)CNC2)CC1. The molecule has 1 saturated carbocycles. The molecule has 5 rings (SSSR count). The number of alkyl halides is 1. The number of nitrogens with two attached hydrogens (primary N) is 1. The van der Waals surface area contributed by atoms with Crippen molar-refractivity contribution in [2.45, 2.75) is 55.7 Å². The molecule has 188 valence electrons. The van der Waals surface area contributed by atoms with Crippen LogP contribution in [0.15, 0.2) is 24.3 Å². The molecule has 0 aromatic heterocycles. The second-order valence-corrected chi connectivity index (χ2v) is 11.0. The van der Waals surface area contributed by atoms with Crippen molar-refractivity contribution < 1.29 is 18.3 Å². The van der Waals surface area contributed by atoms with Crippen molar-refractivity contribution in [2.24, 2.45) is 17.6 Å². The normalized spacial score (nSPS) is 29.7. The molecular weight excluding hydrogens is 438 g/mol. The van der Waals surface area contributed by atoms with E-state index in [4.69, 9.17) is 10.5 Å². The Balaban J connectivity index is 1.47. The van der Waals surface area contributed by atoms with E-state index in [-0.39, 0.29) is 23.3 Å². The van der Waals surface area contributed by atoms with Gasteiger partial charge in [0.25, 0.3) is 0 Å². The number of rotatable bonds is 8. The van der Waals surface area contributed by atoms with Crippen LogP contribution >= 0.6 is 0 Å². The van der Waals surface area contributed by atoms with Crippen molar-refractivity contribution in [3.63, 3.8) is 0 Å². The molecule has 3 N–H and O–H groups in total. The van der Waals surface area contributed by atoms with E-state index in [1.165, 1.54) is 12.5 Å². The summed E-state index contributed by atoms with van der Waals surface area (Å²) in [6, 6.07) is 7.06. The van der Waals surface area contributed by atoms with Gasteiger partial charge in [-0.1, -0.05) is 12.1 Å². The molecule has 3 heterocycles. The number of nitrogens with zero attached hydrogens (tertiary/aromatic N) is 2. The van der Waals surface area contributed by atoms with Crippen molar-refractivity contribution in [3.05, 3.63) is 35.6 Å². The van der Waals surface area contributed by atoms with Gasteiger partial charge < -0.3 is 25.6 Å². The second kappa shape index (κ2) is 9.70. The van der Waals surface area contributed by atoms with E-state index in [9.17, 15) is 13.6 Å². The van der Waals surface area contributed by atoms with Crippen LogP contribution in [-0.2, 0) is 10.2 Å². The van der Waals surface area contributed by atoms with Gasteiger partial charge in [0.05, 0.1) is 0 Å². The minimum absolute atomic E-state index is 0.0855. The number of carbonyl (C=O) groups excluding carboxylic acids is 1. The lowest BCUT2D eigenvalue weighted by Crippen LogP contribution is -2.63. The van der Waals surface area contributed by atoms with E-state index in [2.05, 4.69) is 21.2 Å². The van der Waals surface area contributed by atoms with Crippen LogP contribution < -0.4 is 11.1 Å². The van der Waals surface area contributed by atoms with Gasteiger partial charge in [-0.15, -0.1) is 0 Å². The van der Waals surface area contributed by atoms with Crippen molar-refractivity contribution in [3.8, 4) is 0 Å². The number of primary amides is 1. The molecule has 4 aliphatic rings. The molecule has 1 aromatic carbocycles. The van der Waals surface area contributed by atoms with E-state index in [0.717, 1.165) is 70.4 Å². The second-order valence-electron chi connectivity index (χ2n) is 11.0. The summed E-state index contributed by atoms with van der Waals surface area (Å²) in [5.41, 5.74) is 5.03. The largest absolute Gasteiger partial charge is 0.446 e. The van der Waals surface area contributed by atoms with Crippen LogP contribution in [0.4, 0.5) is 13.6 Å². The predicted molar refractivity (Wildman–Crippen MR) is 127 cm³/mol. The Morgan fingerprint density at radius 2 is 1.88 bits per heavy atom. The third kappa shape index (κ3) is 4.69. The topological polar surface area (TPSA) is 70.8 Å². The third-order valence-corrected chi connectivity index (χ3v) is 8.88. The van der Waals surface area contributed by atoms with Gasteiger partial charge in [-0.2, -0.15) is 0 Å². The molecule has 3 atom stereocenters. The molecule has 6 nitrogen and oxygen atoms in total. The molecule has 3 saturated heterocycles. The summed E-state index contributed by atoms with van der Waals surface area (Å²) < 4.78 is 35.0. The highest BCUT2D eigenvalue weighted by Gasteiger charge is 2.54. The molecule has 0 bridgehead atoms. The van der Waals surface area contributed by atoms with Gasteiger partial charge in [0, 0.05) is 37.5 Å². The van der Waals surface area contributed by atoms with E-state index < -0.39 is 11.8 Å². The molecule has 0 radical (unpaired) electrons. The summed E-state index contributed by atoms with van der Waals surface area (Å²) in [7, 11) is 0. The number of hydrogen-bond donors (Lipinski definition) is 2. The Morgan fingerprint density at radius 3 is 2.47 bits per heavy atom. The maximum Gasteiger partial charge on any atom is 0.404 e. The minimum Gasteiger partial charge on any atom is -0.446 e. The first kappa shape index (κ1) is 23.9. The summed E-state index contributed by atoms with van der Waals surface area (Å²) in [5.74, 6) is 0.149. The maximum atomic E-state index is 14.8. The van der Waals surface area contributed by atoms with Crippen LogP contribution in [0.2, 0.25) is 0 Å². The van der Waals surface area contributed by atoms with Crippen molar-refractivity contribution in [2.75, 3.05) is 52.4 Å². The quantitative estimate of drug-likeness (QED) is 0.604. The van der Waals surface area contributed by atoms with Gasteiger partial charge in [0.2, 0.25) is 0 Å². The smallest absolute Gasteiger partial charge is 0.404 e. The molecule has 1 aliphatic carbocycles. The standard InChI is InChI=1S/C26H38F2N4O2/c27-21-5-1-4-20(14-21)26(18-31-10-3-11-31,22-6-2-7-23(22)34-24(29)33)19-8-12-32(13-9-19)17-25(28)15-30-16-25/h1,4-5,14,19,22-23,30H,2-3,6-13,15-18H2,(H2,29,33)/t22-,23-,26?/m0/s1. The van der Waals surface area contributed by atoms with Gasteiger partial charge in [-0.05, 0) is 88.3 Å². The summed E-state index contributed by atoms with van der Waals surface area (Å²) in [5, 5.41) is 3.05. The predicted octanol–water partition coefficient (Wildman–Crippen LogP) is 3.06. The highest BCUT2D eigenvalue weighted by molar-refractivity contribution is 5.65. The summed E-state index contributed by atoms with van der Waals surface area (Å²) in [6.45, 7) is 5.93. The lowest BCUT2D eigenvalue weighted by molar-refractivity contribution is -0.0231. The van der Waals surface area contributed by atoms with Gasteiger partial charge in [-0.3, -0.25) is 0 Å². The fourth-order valence-corrected chi connectivity index (χ4v) is 7.10. The number of ether oxygens (including phenoxy) is 1. The Hall–Kier alpha value is -1.77. The molecule has 1 amide bonds. The fourth-order valence-electron chi connectivity index (χ4n) is 7.10. The van der Waals surface area contributed by atoms with Gasteiger partial charge >= 0.3 is 6.09 Å². The van der Waals surface area contributed by atoms with Crippen LogP contribution in [-0.4, -0.2) is 80.0 Å². The monoisotopic (exact) mass is 476 g/mol. The van der Waals surface area contributed by atoms with Gasteiger partial charge in [0.15, 0.2) is 0 Å². The number of halogens is 2. The molecule has 3 aliphatic heterocycles. The summed E-state index contributed by atoms with van der Waals surface area (Å²) in [6.07, 6.45) is 4.73. The third-order valence-electron chi connectivity index (χ3n) is 8.88. The molecule has 1 aromatic rings. The van der Waals surface area contributed by atoms with Crippen LogP contribution in [0.5, 0.6) is 0 Å². The van der Waals surface area contributed by atoms with Crippen LogP contribution in [0.1, 0.15) is 44.1 Å². The average molecular weight is 477 g/mol. The number of benzene rings is 1.